The average Bonchev–Trinajstić information content (AvgIpc) is 3.83. The molecule has 18 nitrogen and oxygen atoms in total. The molecule has 0 aromatic carbocycles. The highest BCUT2D eigenvalue weighted by Crippen LogP contribution is 2.42. The smallest absolute Gasteiger partial charge is 0.394 e. The molecule has 0 amide bonds. The molecule has 0 spiro atoms. The maximum atomic E-state index is 15.2. The number of hydrogen-bond donors (Lipinski definition) is 6. The lowest BCUT2D eigenvalue weighted by Gasteiger charge is -2.15. The largest absolute Gasteiger partial charge is 0.582 e. The predicted molar refractivity (Wildman–Crippen MR) is 171 cm³/mol. The first-order valence-corrected chi connectivity index (χ1v) is 18.8. The summed E-state index contributed by atoms with van der Waals surface area (Å²) in [4.78, 5) is 25.5. The van der Waals surface area contributed by atoms with E-state index >= 15 is 8.78 Å². The first kappa shape index (κ1) is 34.8. The number of nitrogens with one attached hydrogen (secondary N) is 2. The van der Waals surface area contributed by atoms with Crippen molar-refractivity contribution < 1.29 is 46.6 Å². The lowest BCUT2D eigenvalue weighted by Crippen LogP contribution is -2.31. The van der Waals surface area contributed by atoms with Crippen LogP contribution in [0.2, 0.25) is 0 Å². The summed E-state index contributed by atoms with van der Waals surface area (Å²) in [6.07, 6.45) is -1.96. The fraction of sp³-hybridized carbons (Fsp3) is 0.500. The topological polar surface area (TPSA) is 223 Å². The molecule has 2 aliphatic rings. The summed E-state index contributed by atoms with van der Waals surface area (Å²) in [7, 11) is -4.87. The molecule has 0 saturated carbocycles. The highest BCUT2D eigenvalue weighted by Gasteiger charge is 2.52. The van der Waals surface area contributed by atoms with E-state index in [1.165, 1.54) is 34.4 Å². The third kappa shape index (κ3) is 7.00. The summed E-state index contributed by atoms with van der Waals surface area (Å²) in [6.45, 7) is -0.472. The lowest BCUT2D eigenvalue weighted by molar-refractivity contribution is -0.0427. The second kappa shape index (κ2) is 15.2. The summed E-state index contributed by atoms with van der Waals surface area (Å²) >= 11 is 7.35. The average molecular weight is 749 g/mol. The molecule has 2 aliphatic heterocycles. The Kier molecular flexibility index (Phi) is 11.1. The zero-order valence-electron chi connectivity index (χ0n) is 24.4. The van der Waals surface area contributed by atoms with Crippen LogP contribution < -0.4 is 10.6 Å². The Labute approximate surface area is 281 Å². The molecule has 24 heteroatoms. The number of alkyl halides is 2. The van der Waals surface area contributed by atoms with E-state index in [0.717, 1.165) is 0 Å². The molecule has 2 saturated heterocycles. The van der Waals surface area contributed by atoms with Crippen molar-refractivity contribution in [1.29, 1.82) is 0 Å². The summed E-state index contributed by atoms with van der Waals surface area (Å²) in [6, 6.07) is 0. The Balaban J connectivity index is 1.07. The van der Waals surface area contributed by atoms with Crippen molar-refractivity contribution in [3.63, 3.8) is 0 Å². The summed E-state index contributed by atoms with van der Waals surface area (Å²) in [5.41, 5.74) is 1.21. The zero-order chi connectivity index (χ0) is 33.9. The Morgan fingerprint density at radius 1 is 0.771 bits per heavy atom. The van der Waals surface area contributed by atoms with Crippen LogP contribution in [-0.2, 0) is 27.7 Å². The van der Waals surface area contributed by atoms with Crippen LogP contribution in [0.3, 0.4) is 0 Å². The Morgan fingerprint density at radius 3 is 1.56 bits per heavy atom. The number of fused-ring (bicyclic) bond motifs is 2. The van der Waals surface area contributed by atoms with E-state index in [1.54, 1.807) is 12.2 Å². The van der Waals surface area contributed by atoms with Gasteiger partial charge in [-0.2, -0.15) is 0 Å². The molecular weight excluding hydrogens is 720 g/mol. The standard InChI is InChI=1S/C24H26F2N10O8P2S2/c25-13-17(43-45(39)47)11(5-37)41-23(13)35-9-33-15-19(29-7-31-21(15)35)27-3-1-2-4-28-20-16-22(32-8-30-20)36(10-34-16)24-14(26)18(44-46(40)48)12(6-38)42-24/h1-2,7-14,17-18,23-24,37-38H,3-6H2,(H2-2,27,28,29,30,31,32,39,40,47,48)/p+2/b2-1+/t11-,12?,13-,14-,17-,18?,23-,24?/m1/s1. The van der Waals surface area contributed by atoms with Gasteiger partial charge < -0.3 is 30.3 Å². The SMILES string of the molecule is O=[P+](S)OC1C(CO)OC(n2cnc3c(NC/C=C/CNc4ncnc5c4ncn5[C@@H]4O[C@H](CO)[C@@H](O[P+](=O)S)[C@H]4F)ncnc32)[C@@H]1F. The second-order valence-corrected chi connectivity index (χ2v) is 13.7. The van der Waals surface area contributed by atoms with Gasteiger partial charge >= 0.3 is 14.5 Å². The number of hydrogen-bond acceptors (Lipinski definition) is 16. The molecular formula is C24H28F2N10O8P2S2+2. The van der Waals surface area contributed by atoms with Crippen LogP contribution in [0.1, 0.15) is 12.5 Å². The number of aromatic nitrogens is 8. The molecule has 2 fully saturated rings. The lowest BCUT2D eigenvalue weighted by atomic mass is 10.1. The molecule has 4 aromatic rings. The number of halogens is 2. The van der Waals surface area contributed by atoms with Gasteiger partial charge in [0.2, 0.25) is 0 Å². The summed E-state index contributed by atoms with van der Waals surface area (Å²) in [5.74, 6) is 0.741. The van der Waals surface area contributed by atoms with Crippen LogP contribution in [0.15, 0.2) is 37.5 Å². The fourth-order valence-electron chi connectivity index (χ4n) is 5.40. The van der Waals surface area contributed by atoms with Gasteiger partial charge in [0.1, 0.15) is 49.4 Å². The predicted octanol–water partition coefficient (Wildman–Crippen LogP) is 2.45. The molecule has 10 atom stereocenters. The summed E-state index contributed by atoms with van der Waals surface area (Å²) in [5, 5.41) is 25.4. The molecule has 4 N–H and O–H groups in total. The van der Waals surface area contributed by atoms with Gasteiger partial charge in [0, 0.05) is 13.1 Å². The quantitative estimate of drug-likeness (QED) is 0.0619. The normalized spacial score (nSPS) is 28.1. The molecule has 6 heterocycles. The van der Waals surface area contributed by atoms with Crippen molar-refractivity contribution in [1.82, 2.24) is 39.0 Å². The Morgan fingerprint density at radius 2 is 1.19 bits per heavy atom. The van der Waals surface area contributed by atoms with E-state index in [0.29, 0.717) is 35.8 Å². The number of aliphatic hydroxyl groups is 2. The van der Waals surface area contributed by atoms with E-state index in [1.807, 2.05) is 0 Å². The van der Waals surface area contributed by atoms with Gasteiger partial charge in [0.15, 0.2) is 71.0 Å². The van der Waals surface area contributed by atoms with Crippen molar-refractivity contribution in [3.8, 4) is 0 Å². The summed E-state index contributed by atoms with van der Waals surface area (Å²) < 4.78 is 77.4. The van der Waals surface area contributed by atoms with E-state index in [-0.39, 0.29) is 11.3 Å². The van der Waals surface area contributed by atoms with E-state index in [2.05, 4.69) is 65.0 Å². The van der Waals surface area contributed by atoms with Crippen LogP contribution in [-0.4, -0.2) is 112 Å². The number of anilines is 2. The Bertz CT molecular complexity index is 1700. The minimum Gasteiger partial charge on any atom is -0.394 e. The van der Waals surface area contributed by atoms with Crippen LogP contribution in [0.5, 0.6) is 0 Å². The van der Waals surface area contributed by atoms with Gasteiger partial charge in [0.05, 0.1) is 25.9 Å². The zero-order valence-corrected chi connectivity index (χ0v) is 28.0. The first-order chi connectivity index (χ1) is 23.2. The van der Waals surface area contributed by atoms with Crippen molar-refractivity contribution >= 4 is 72.9 Å². The van der Waals surface area contributed by atoms with Crippen LogP contribution in [0.4, 0.5) is 20.4 Å². The highest BCUT2D eigenvalue weighted by atomic mass is 32.7. The molecule has 0 bridgehead atoms. The second-order valence-electron chi connectivity index (χ2n) is 10.3. The first-order valence-electron chi connectivity index (χ1n) is 14.2. The minimum atomic E-state index is -2.43. The molecule has 48 heavy (non-hydrogen) atoms. The van der Waals surface area contributed by atoms with Gasteiger partial charge in [-0.25, -0.2) is 38.7 Å². The van der Waals surface area contributed by atoms with E-state index in [9.17, 15) is 19.3 Å². The monoisotopic (exact) mass is 748 g/mol. The van der Waals surface area contributed by atoms with Crippen molar-refractivity contribution in [2.45, 2.75) is 49.2 Å². The van der Waals surface area contributed by atoms with Gasteiger partial charge in [-0.05, 0) is 9.13 Å². The minimum absolute atomic E-state index is 0.264. The van der Waals surface area contributed by atoms with Crippen LogP contribution in [0, 0.1) is 0 Å². The van der Waals surface area contributed by atoms with Gasteiger partial charge in [-0.15, -0.1) is 9.05 Å². The highest BCUT2D eigenvalue weighted by molar-refractivity contribution is 8.39. The third-order valence-corrected chi connectivity index (χ3v) is 8.94. The molecule has 0 radical (unpaired) electrons. The van der Waals surface area contributed by atoms with E-state index in [4.69, 9.17) is 18.5 Å². The van der Waals surface area contributed by atoms with Gasteiger partial charge in [0.25, 0.3) is 0 Å². The van der Waals surface area contributed by atoms with Gasteiger partial charge in [-0.1, -0.05) is 12.2 Å². The molecule has 256 valence electrons. The number of thiol groups is 2. The van der Waals surface area contributed by atoms with Crippen molar-refractivity contribution in [3.05, 3.63) is 37.5 Å². The number of ether oxygens (including phenoxy) is 2. The van der Waals surface area contributed by atoms with Gasteiger partial charge in [-0.3, -0.25) is 9.13 Å². The van der Waals surface area contributed by atoms with Crippen molar-refractivity contribution in [2.75, 3.05) is 36.9 Å². The Hall–Kier alpha value is -3.04. The third-order valence-electron chi connectivity index (χ3n) is 7.52. The maximum Gasteiger partial charge on any atom is 0.582 e. The molecule has 0 aliphatic carbocycles. The van der Waals surface area contributed by atoms with Crippen molar-refractivity contribution in [2.24, 2.45) is 0 Å². The van der Waals surface area contributed by atoms with E-state index < -0.39 is 76.9 Å². The maximum absolute atomic E-state index is 15.2. The number of nitrogens with zero attached hydrogens (tertiary/aromatic N) is 8. The number of aliphatic hydroxyl groups excluding tert-OH is 2. The molecule has 5 unspecified atom stereocenters. The fourth-order valence-corrected chi connectivity index (χ4v) is 6.98. The number of imidazole rings is 2. The molecule has 4 aromatic heterocycles. The van der Waals surface area contributed by atoms with Crippen LogP contribution >= 0.6 is 39.0 Å². The molecule has 6 rings (SSSR count). The van der Waals surface area contributed by atoms with Crippen LogP contribution in [0.25, 0.3) is 22.3 Å². The number of rotatable bonds is 14.